The van der Waals surface area contributed by atoms with E-state index in [9.17, 15) is 18.4 Å². The number of carbonyl (C=O) groups excluding carboxylic acids is 1. The van der Waals surface area contributed by atoms with Crippen molar-refractivity contribution in [3.05, 3.63) is 70.8 Å². The number of nitrogens with zero attached hydrogens (tertiary/aromatic N) is 1. The van der Waals surface area contributed by atoms with Crippen molar-refractivity contribution in [2.45, 2.75) is 32.2 Å². The standard InChI is InChI=1S/C21H21F2NO3/c1-13-4-2-3-5-15(13)16-11-17(16)21(27)24(9-8-20(25)26)12-14-6-7-18(22)19(23)10-14/h2-7,10,16-17H,8-9,11-12H2,1H3,(H,25,26). The van der Waals surface area contributed by atoms with Crippen LogP contribution in [0, 0.1) is 24.5 Å². The zero-order chi connectivity index (χ0) is 19.6. The number of carboxylic acids is 1. The summed E-state index contributed by atoms with van der Waals surface area (Å²) in [5.41, 5.74) is 2.68. The molecule has 1 N–H and O–H groups in total. The number of hydrogen-bond acceptors (Lipinski definition) is 2. The molecule has 0 saturated heterocycles. The van der Waals surface area contributed by atoms with Crippen LogP contribution in [0.15, 0.2) is 42.5 Å². The first-order valence-electron chi connectivity index (χ1n) is 8.87. The zero-order valence-corrected chi connectivity index (χ0v) is 15.0. The van der Waals surface area contributed by atoms with Crippen LogP contribution in [-0.2, 0) is 16.1 Å². The lowest BCUT2D eigenvalue weighted by Gasteiger charge is -2.23. The number of hydrogen-bond donors (Lipinski definition) is 1. The molecule has 2 atom stereocenters. The second kappa shape index (κ2) is 7.86. The number of carbonyl (C=O) groups is 2. The Balaban J connectivity index is 1.74. The number of amides is 1. The Kier molecular flexibility index (Phi) is 5.54. The minimum Gasteiger partial charge on any atom is -0.481 e. The van der Waals surface area contributed by atoms with Crippen LogP contribution in [0.3, 0.4) is 0 Å². The summed E-state index contributed by atoms with van der Waals surface area (Å²) in [5, 5.41) is 8.96. The molecule has 1 amide bonds. The summed E-state index contributed by atoms with van der Waals surface area (Å²) in [6.07, 6.45) is 0.516. The van der Waals surface area contributed by atoms with Crippen LogP contribution in [0.2, 0.25) is 0 Å². The summed E-state index contributed by atoms with van der Waals surface area (Å²) < 4.78 is 26.6. The lowest BCUT2D eigenvalue weighted by Crippen LogP contribution is -2.34. The number of carboxylic acid groups (broad SMARTS) is 1. The third-order valence-corrected chi connectivity index (χ3v) is 4.96. The van der Waals surface area contributed by atoms with Gasteiger partial charge in [0.2, 0.25) is 5.91 Å². The zero-order valence-electron chi connectivity index (χ0n) is 15.0. The third kappa shape index (κ3) is 4.51. The minimum absolute atomic E-state index is 0.0319. The SMILES string of the molecule is Cc1ccccc1C1CC1C(=O)N(CCC(=O)O)Cc1ccc(F)c(F)c1. The van der Waals surface area contributed by atoms with Gasteiger partial charge in [-0.3, -0.25) is 9.59 Å². The second-order valence-corrected chi connectivity index (χ2v) is 6.96. The average molecular weight is 373 g/mol. The van der Waals surface area contributed by atoms with Crippen molar-refractivity contribution in [3.63, 3.8) is 0 Å². The van der Waals surface area contributed by atoms with Crippen molar-refractivity contribution in [3.8, 4) is 0 Å². The Morgan fingerprint density at radius 1 is 1.15 bits per heavy atom. The number of rotatable bonds is 7. The lowest BCUT2D eigenvalue weighted by molar-refractivity contribution is -0.139. The molecule has 0 bridgehead atoms. The maximum Gasteiger partial charge on any atom is 0.305 e. The molecule has 6 heteroatoms. The van der Waals surface area contributed by atoms with Crippen LogP contribution in [-0.4, -0.2) is 28.4 Å². The van der Waals surface area contributed by atoms with Gasteiger partial charge in [-0.15, -0.1) is 0 Å². The first kappa shape index (κ1) is 19.0. The van der Waals surface area contributed by atoms with Crippen molar-refractivity contribution in [2.75, 3.05) is 6.54 Å². The van der Waals surface area contributed by atoms with E-state index in [1.54, 1.807) is 0 Å². The molecular formula is C21H21F2NO3. The second-order valence-electron chi connectivity index (χ2n) is 6.96. The molecule has 0 radical (unpaired) electrons. The van der Waals surface area contributed by atoms with Crippen molar-refractivity contribution in [1.82, 2.24) is 4.90 Å². The normalized spacial score (nSPS) is 18.2. The molecule has 2 unspecified atom stereocenters. The summed E-state index contributed by atoms with van der Waals surface area (Å²) in [5.74, 6) is -3.17. The van der Waals surface area contributed by atoms with Gasteiger partial charge in [0.25, 0.3) is 0 Å². The maximum atomic E-state index is 13.5. The monoisotopic (exact) mass is 373 g/mol. The van der Waals surface area contributed by atoms with Gasteiger partial charge in [0, 0.05) is 19.0 Å². The quantitative estimate of drug-likeness (QED) is 0.801. The van der Waals surface area contributed by atoms with Gasteiger partial charge in [0.15, 0.2) is 11.6 Å². The van der Waals surface area contributed by atoms with Gasteiger partial charge < -0.3 is 10.0 Å². The molecule has 3 rings (SSSR count). The van der Waals surface area contributed by atoms with Gasteiger partial charge in [-0.2, -0.15) is 0 Å². The fourth-order valence-corrected chi connectivity index (χ4v) is 3.41. The van der Waals surface area contributed by atoms with Crippen LogP contribution in [0.5, 0.6) is 0 Å². The highest BCUT2D eigenvalue weighted by Crippen LogP contribution is 2.49. The predicted molar refractivity (Wildman–Crippen MR) is 96.1 cm³/mol. The summed E-state index contributed by atoms with van der Waals surface area (Å²) in [6.45, 7) is 2.09. The summed E-state index contributed by atoms with van der Waals surface area (Å²) in [6, 6.07) is 11.3. The summed E-state index contributed by atoms with van der Waals surface area (Å²) in [4.78, 5) is 25.3. The highest BCUT2D eigenvalue weighted by atomic mass is 19.2. The van der Waals surface area contributed by atoms with E-state index in [1.807, 2.05) is 31.2 Å². The van der Waals surface area contributed by atoms with Gasteiger partial charge in [-0.05, 0) is 48.1 Å². The molecule has 0 heterocycles. The van der Waals surface area contributed by atoms with E-state index in [0.29, 0.717) is 12.0 Å². The van der Waals surface area contributed by atoms with Crippen molar-refractivity contribution in [2.24, 2.45) is 5.92 Å². The lowest BCUT2D eigenvalue weighted by atomic mass is 10.0. The van der Waals surface area contributed by atoms with Gasteiger partial charge in [0.05, 0.1) is 6.42 Å². The maximum absolute atomic E-state index is 13.5. The fourth-order valence-electron chi connectivity index (χ4n) is 3.41. The highest BCUT2D eigenvalue weighted by Gasteiger charge is 2.46. The van der Waals surface area contributed by atoms with Gasteiger partial charge in [-0.25, -0.2) is 8.78 Å². The largest absolute Gasteiger partial charge is 0.481 e. The van der Waals surface area contributed by atoms with E-state index in [2.05, 4.69) is 0 Å². The number of aliphatic carboxylic acids is 1. The summed E-state index contributed by atoms with van der Waals surface area (Å²) in [7, 11) is 0. The van der Waals surface area contributed by atoms with Gasteiger partial charge >= 0.3 is 5.97 Å². The summed E-state index contributed by atoms with van der Waals surface area (Å²) >= 11 is 0. The number of aryl methyl sites for hydroxylation is 1. The molecule has 0 aromatic heterocycles. The van der Waals surface area contributed by atoms with Crippen LogP contribution >= 0.6 is 0 Å². The third-order valence-electron chi connectivity index (χ3n) is 4.96. The highest BCUT2D eigenvalue weighted by molar-refractivity contribution is 5.83. The number of benzene rings is 2. The van der Waals surface area contributed by atoms with E-state index < -0.39 is 17.6 Å². The molecule has 2 aromatic rings. The Labute approximate surface area is 156 Å². The smallest absolute Gasteiger partial charge is 0.305 e. The molecule has 142 valence electrons. The molecule has 1 aliphatic rings. The molecule has 1 saturated carbocycles. The predicted octanol–water partition coefficient (Wildman–Crippen LogP) is 3.88. The van der Waals surface area contributed by atoms with E-state index in [1.165, 1.54) is 11.0 Å². The molecule has 0 spiro atoms. The molecule has 1 fully saturated rings. The Bertz CT molecular complexity index is 868. The molecule has 2 aromatic carbocycles. The first-order chi connectivity index (χ1) is 12.9. The molecule has 0 aliphatic heterocycles. The Hall–Kier alpha value is -2.76. The topological polar surface area (TPSA) is 57.6 Å². The molecular weight excluding hydrogens is 352 g/mol. The molecule has 27 heavy (non-hydrogen) atoms. The van der Waals surface area contributed by atoms with E-state index >= 15 is 0 Å². The Morgan fingerprint density at radius 3 is 2.56 bits per heavy atom. The average Bonchev–Trinajstić information content (AvgIpc) is 3.42. The van der Waals surface area contributed by atoms with Crippen LogP contribution < -0.4 is 0 Å². The van der Waals surface area contributed by atoms with Gasteiger partial charge in [0.1, 0.15) is 0 Å². The molecule has 1 aliphatic carbocycles. The van der Waals surface area contributed by atoms with E-state index in [-0.39, 0.29) is 37.3 Å². The molecule has 4 nitrogen and oxygen atoms in total. The van der Waals surface area contributed by atoms with E-state index in [0.717, 1.165) is 23.3 Å². The van der Waals surface area contributed by atoms with Gasteiger partial charge in [-0.1, -0.05) is 30.3 Å². The van der Waals surface area contributed by atoms with E-state index in [4.69, 9.17) is 5.11 Å². The van der Waals surface area contributed by atoms with Crippen LogP contribution in [0.1, 0.15) is 35.4 Å². The number of halogens is 2. The first-order valence-corrected chi connectivity index (χ1v) is 8.87. The Morgan fingerprint density at radius 2 is 1.89 bits per heavy atom. The van der Waals surface area contributed by atoms with Crippen molar-refractivity contribution < 1.29 is 23.5 Å². The van der Waals surface area contributed by atoms with Crippen LogP contribution in [0.25, 0.3) is 0 Å². The van der Waals surface area contributed by atoms with Crippen LogP contribution in [0.4, 0.5) is 8.78 Å². The van der Waals surface area contributed by atoms with Crippen molar-refractivity contribution in [1.29, 1.82) is 0 Å². The minimum atomic E-state index is -1.01. The fraction of sp³-hybridized carbons (Fsp3) is 0.333. The van der Waals surface area contributed by atoms with Crippen molar-refractivity contribution >= 4 is 11.9 Å².